The van der Waals surface area contributed by atoms with E-state index < -0.39 is 16.1 Å². The molecule has 1 aromatic heterocycles. The average molecular weight is 489 g/mol. The maximum Gasteiger partial charge on any atom is 0.241 e. The Morgan fingerprint density at radius 1 is 1.10 bits per heavy atom. The second kappa shape index (κ2) is 9.16. The Morgan fingerprint density at radius 2 is 1.77 bits per heavy atom. The molecule has 0 aliphatic carbocycles. The van der Waals surface area contributed by atoms with Gasteiger partial charge in [-0.3, -0.25) is 4.57 Å². The highest BCUT2D eigenvalue weighted by Gasteiger charge is 2.26. The topological polar surface area (TPSA) is 73.2 Å². The number of ether oxygens (including phenoxy) is 1. The van der Waals surface area contributed by atoms with E-state index in [1.165, 1.54) is 18.2 Å². The standard InChI is InChI=1S/C20H20Cl3N3O3S/c1-4-26-19(24-18(23)20(26)29-14-7-5-12(2)6-8-14)13(3)25-30(27,28)15-9-10-16(21)17(22)11-15/h5-11,13,25H,4H2,1-3H3. The van der Waals surface area contributed by atoms with Gasteiger partial charge in [-0.15, -0.1) is 0 Å². The third-order valence-electron chi connectivity index (χ3n) is 4.38. The van der Waals surface area contributed by atoms with Gasteiger partial charge in [-0.1, -0.05) is 52.5 Å². The molecular formula is C20H20Cl3N3O3S. The second-order valence-electron chi connectivity index (χ2n) is 6.64. The molecule has 0 aliphatic heterocycles. The van der Waals surface area contributed by atoms with Crippen LogP contribution < -0.4 is 9.46 Å². The van der Waals surface area contributed by atoms with Gasteiger partial charge in [0.05, 0.1) is 21.0 Å². The number of nitrogens with zero attached hydrogens (tertiary/aromatic N) is 2. The number of imidazole rings is 1. The molecule has 3 aromatic rings. The predicted octanol–water partition coefficient (Wildman–Crippen LogP) is 6.00. The fraction of sp³-hybridized carbons (Fsp3) is 0.250. The van der Waals surface area contributed by atoms with Gasteiger partial charge in [0.2, 0.25) is 15.9 Å². The number of hydrogen-bond donors (Lipinski definition) is 1. The maximum atomic E-state index is 12.8. The van der Waals surface area contributed by atoms with E-state index in [-0.39, 0.29) is 20.1 Å². The third kappa shape index (κ3) is 4.92. The molecule has 1 unspecified atom stereocenters. The van der Waals surface area contributed by atoms with Crippen molar-refractivity contribution in [1.29, 1.82) is 0 Å². The van der Waals surface area contributed by atoms with Crippen molar-refractivity contribution >= 4 is 44.8 Å². The summed E-state index contributed by atoms with van der Waals surface area (Å²) in [5.74, 6) is 1.37. The zero-order chi connectivity index (χ0) is 22.1. The van der Waals surface area contributed by atoms with Crippen LogP contribution in [-0.4, -0.2) is 18.0 Å². The van der Waals surface area contributed by atoms with E-state index in [1.54, 1.807) is 11.5 Å². The molecule has 3 rings (SSSR count). The quantitative estimate of drug-likeness (QED) is 0.442. The van der Waals surface area contributed by atoms with Crippen LogP contribution in [0.2, 0.25) is 15.2 Å². The van der Waals surface area contributed by atoms with Crippen LogP contribution in [0.25, 0.3) is 0 Å². The lowest BCUT2D eigenvalue weighted by molar-refractivity contribution is 0.423. The largest absolute Gasteiger partial charge is 0.438 e. The van der Waals surface area contributed by atoms with Gasteiger partial charge >= 0.3 is 0 Å². The molecule has 0 saturated heterocycles. The summed E-state index contributed by atoms with van der Waals surface area (Å²) in [5.41, 5.74) is 1.10. The molecule has 0 radical (unpaired) electrons. The van der Waals surface area contributed by atoms with Crippen molar-refractivity contribution in [2.24, 2.45) is 0 Å². The van der Waals surface area contributed by atoms with Crippen LogP contribution in [0.5, 0.6) is 11.6 Å². The number of hydrogen-bond acceptors (Lipinski definition) is 4. The van der Waals surface area contributed by atoms with E-state index in [2.05, 4.69) is 9.71 Å². The number of aryl methyl sites for hydroxylation is 1. The summed E-state index contributed by atoms with van der Waals surface area (Å²) >= 11 is 18.1. The van der Waals surface area contributed by atoms with Crippen molar-refractivity contribution in [3.63, 3.8) is 0 Å². The van der Waals surface area contributed by atoms with Crippen LogP contribution in [0.4, 0.5) is 0 Å². The van der Waals surface area contributed by atoms with Gasteiger partial charge in [-0.05, 0) is 51.1 Å². The van der Waals surface area contributed by atoms with Gasteiger partial charge < -0.3 is 4.74 Å². The molecule has 0 saturated carbocycles. The number of benzene rings is 2. The van der Waals surface area contributed by atoms with Gasteiger partial charge in [0.25, 0.3) is 0 Å². The van der Waals surface area contributed by atoms with Crippen molar-refractivity contribution in [2.75, 3.05) is 0 Å². The summed E-state index contributed by atoms with van der Waals surface area (Å²) in [6.45, 7) is 6.03. The zero-order valence-electron chi connectivity index (χ0n) is 16.5. The smallest absolute Gasteiger partial charge is 0.241 e. The van der Waals surface area contributed by atoms with Crippen molar-refractivity contribution in [1.82, 2.24) is 14.3 Å². The predicted molar refractivity (Wildman–Crippen MR) is 119 cm³/mol. The maximum absolute atomic E-state index is 12.8. The van der Waals surface area contributed by atoms with Crippen molar-refractivity contribution < 1.29 is 13.2 Å². The Bertz CT molecular complexity index is 1160. The molecule has 0 spiro atoms. The molecule has 160 valence electrons. The second-order valence-corrected chi connectivity index (χ2v) is 9.53. The molecule has 1 heterocycles. The normalized spacial score (nSPS) is 12.7. The summed E-state index contributed by atoms with van der Waals surface area (Å²) < 4.78 is 35.8. The lowest BCUT2D eigenvalue weighted by atomic mass is 10.2. The summed E-state index contributed by atoms with van der Waals surface area (Å²) in [7, 11) is -3.87. The summed E-state index contributed by atoms with van der Waals surface area (Å²) in [6.07, 6.45) is 0. The van der Waals surface area contributed by atoms with Gasteiger partial charge in [-0.25, -0.2) is 18.1 Å². The Balaban J connectivity index is 1.89. The van der Waals surface area contributed by atoms with Crippen LogP contribution in [0.1, 0.15) is 31.3 Å². The lowest BCUT2D eigenvalue weighted by Crippen LogP contribution is -2.29. The van der Waals surface area contributed by atoms with Crippen molar-refractivity contribution in [2.45, 2.75) is 38.3 Å². The Hall–Kier alpha value is -1.77. The molecule has 0 bridgehead atoms. The fourth-order valence-corrected chi connectivity index (χ4v) is 4.69. The molecule has 30 heavy (non-hydrogen) atoms. The molecule has 1 atom stereocenters. The molecule has 2 aromatic carbocycles. The Morgan fingerprint density at radius 3 is 2.37 bits per heavy atom. The molecule has 0 aliphatic rings. The van der Waals surface area contributed by atoms with Gasteiger partial charge in [0.1, 0.15) is 11.6 Å². The number of nitrogens with one attached hydrogen (secondary N) is 1. The summed E-state index contributed by atoms with van der Waals surface area (Å²) in [4.78, 5) is 4.33. The van der Waals surface area contributed by atoms with E-state index in [1.807, 2.05) is 38.1 Å². The van der Waals surface area contributed by atoms with Gasteiger partial charge in [0, 0.05) is 6.54 Å². The Labute approximate surface area is 190 Å². The minimum absolute atomic E-state index is 0.000537. The first-order valence-corrected chi connectivity index (χ1v) is 11.7. The third-order valence-corrected chi connectivity index (χ3v) is 6.91. The minimum Gasteiger partial charge on any atom is -0.438 e. The molecular weight excluding hydrogens is 469 g/mol. The first kappa shape index (κ1) is 22.9. The molecule has 0 fully saturated rings. The molecule has 10 heteroatoms. The summed E-state index contributed by atoms with van der Waals surface area (Å²) in [6, 6.07) is 10.9. The van der Waals surface area contributed by atoms with Crippen molar-refractivity contribution in [3.05, 3.63) is 69.1 Å². The molecule has 1 N–H and O–H groups in total. The number of rotatable bonds is 7. The van der Waals surface area contributed by atoms with E-state index >= 15 is 0 Å². The number of sulfonamides is 1. The monoisotopic (exact) mass is 487 g/mol. The number of halogens is 3. The van der Waals surface area contributed by atoms with E-state index in [0.717, 1.165) is 5.56 Å². The fourth-order valence-electron chi connectivity index (χ4n) is 2.87. The van der Waals surface area contributed by atoms with Crippen LogP contribution in [-0.2, 0) is 16.6 Å². The van der Waals surface area contributed by atoms with Crippen LogP contribution in [0.15, 0.2) is 47.4 Å². The highest BCUT2D eigenvalue weighted by Crippen LogP contribution is 2.33. The highest BCUT2D eigenvalue weighted by atomic mass is 35.5. The minimum atomic E-state index is -3.87. The van der Waals surface area contributed by atoms with Crippen molar-refractivity contribution in [3.8, 4) is 11.6 Å². The van der Waals surface area contributed by atoms with Crippen LogP contribution in [0, 0.1) is 6.92 Å². The lowest BCUT2D eigenvalue weighted by Gasteiger charge is -2.17. The average Bonchev–Trinajstić information content (AvgIpc) is 3.01. The van der Waals surface area contributed by atoms with Gasteiger partial charge in [0.15, 0.2) is 5.15 Å². The van der Waals surface area contributed by atoms with Gasteiger partial charge in [-0.2, -0.15) is 0 Å². The van der Waals surface area contributed by atoms with Crippen LogP contribution in [0.3, 0.4) is 0 Å². The first-order valence-electron chi connectivity index (χ1n) is 9.10. The van der Waals surface area contributed by atoms with E-state index in [9.17, 15) is 8.42 Å². The number of aromatic nitrogens is 2. The summed E-state index contributed by atoms with van der Waals surface area (Å²) in [5, 5.41) is 0.571. The Kier molecular flexibility index (Phi) is 6.99. The first-order chi connectivity index (χ1) is 14.1. The zero-order valence-corrected chi connectivity index (χ0v) is 19.6. The SMILES string of the molecule is CCn1c(C(C)NS(=O)(=O)c2ccc(Cl)c(Cl)c2)nc(Cl)c1Oc1ccc(C)cc1. The van der Waals surface area contributed by atoms with E-state index in [0.29, 0.717) is 24.0 Å². The highest BCUT2D eigenvalue weighted by molar-refractivity contribution is 7.89. The van der Waals surface area contributed by atoms with Crippen LogP contribution >= 0.6 is 34.8 Å². The molecule has 6 nitrogen and oxygen atoms in total. The van der Waals surface area contributed by atoms with E-state index in [4.69, 9.17) is 39.5 Å². The molecule has 0 amide bonds.